The lowest BCUT2D eigenvalue weighted by Crippen LogP contribution is -1.98. The Labute approximate surface area is 88.2 Å². The van der Waals surface area contributed by atoms with E-state index in [0.29, 0.717) is 11.7 Å². The number of carbonyl (C=O) groups excluding carboxylic acids is 1. The summed E-state index contributed by atoms with van der Waals surface area (Å²) in [5.41, 5.74) is 1.32. The molecule has 1 aromatic rings. The highest BCUT2D eigenvalue weighted by Gasteiger charge is 2.15. The Bertz CT molecular complexity index is 343. The van der Waals surface area contributed by atoms with Crippen LogP contribution in [0.1, 0.15) is 12.0 Å². The van der Waals surface area contributed by atoms with Crippen molar-refractivity contribution in [3.8, 4) is 0 Å². The summed E-state index contributed by atoms with van der Waals surface area (Å²) in [5, 5.41) is 0.391. The fourth-order valence-electron chi connectivity index (χ4n) is 1.44. The third-order valence-electron chi connectivity index (χ3n) is 2.21. The van der Waals surface area contributed by atoms with Crippen LogP contribution in [-0.2, 0) is 10.5 Å². The van der Waals surface area contributed by atoms with Crippen molar-refractivity contribution < 1.29 is 4.79 Å². The number of rotatable bonds is 3. The lowest BCUT2D eigenvalue weighted by molar-refractivity contribution is -0.113. The molecule has 0 aromatic heterocycles. The maximum atomic E-state index is 11.0. The molecule has 0 spiro atoms. The van der Waals surface area contributed by atoms with E-state index in [1.54, 1.807) is 6.08 Å². The van der Waals surface area contributed by atoms with E-state index < -0.39 is 0 Å². The van der Waals surface area contributed by atoms with Gasteiger partial charge in [-0.3, -0.25) is 4.79 Å². The molecule has 0 fully saturated rings. The number of carbonyl (C=O) groups is 1. The molecule has 1 aliphatic rings. The van der Waals surface area contributed by atoms with Gasteiger partial charge >= 0.3 is 0 Å². The molecular formula is C12H12OS. The van der Waals surface area contributed by atoms with E-state index >= 15 is 0 Å². The first-order valence-electron chi connectivity index (χ1n) is 4.71. The first kappa shape index (κ1) is 9.53. The molecule has 72 valence electrons. The summed E-state index contributed by atoms with van der Waals surface area (Å²) in [7, 11) is 0. The van der Waals surface area contributed by atoms with Crippen molar-refractivity contribution in [1.82, 2.24) is 0 Å². The van der Waals surface area contributed by atoms with Gasteiger partial charge in [-0.25, -0.2) is 0 Å². The topological polar surface area (TPSA) is 17.1 Å². The van der Waals surface area contributed by atoms with Crippen LogP contribution >= 0.6 is 11.8 Å². The molecule has 0 saturated carbocycles. The largest absolute Gasteiger partial charge is 0.295 e. The molecular weight excluding hydrogens is 192 g/mol. The van der Waals surface area contributed by atoms with Crippen molar-refractivity contribution in [1.29, 1.82) is 0 Å². The molecule has 1 atom stereocenters. The van der Waals surface area contributed by atoms with Crippen molar-refractivity contribution >= 4 is 17.5 Å². The quantitative estimate of drug-likeness (QED) is 0.753. The van der Waals surface area contributed by atoms with Crippen LogP contribution in [0.15, 0.2) is 42.5 Å². The summed E-state index contributed by atoms with van der Waals surface area (Å²) in [6.07, 6.45) is 4.39. The monoisotopic (exact) mass is 204 g/mol. The second-order valence-electron chi connectivity index (χ2n) is 3.36. The third-order valence-corrected chi connectivity index (χ3v) is 3.46. The third kappa shape index (κ3) is 2.48. The van der Waals surface area contributed by atoms with Crippen LogP contribution in [0.2, 0.25) is 0 Å². The molecule has 0 saturated heterocycles. The highest BCUT2D eigenvalue weighted by Crippen LogP contribution is 2.24. The molecule has 1 aromatic carbocycles. The van der Waals surface area contributed by atoms with E-state index in [2.05, 4.69) is 12.1 Å². The van der Waals surface area contributed by atoms with E-state index in [4.69, 9.17) is 0 Å². The zero-order valence-electron chi connectivity index (χ0n) is 7.85. The molecule has 1 nitrogen and oxygen atoms in total. The molecule has 14 heavy (non-hydrogen) atoms. The van der Waals surface area contributed by atoms with Gasteiger partial charge in [0, 0.05) is 17.4 Å². The van der Waals surface area contributed by atoms with E-state index in [9.17, 15) is 4.79 Å². The van der Waals surface area contributed by atoms with Crippen LogP contribution in [0.4, 0.5) is 0 Å². The van der Waals surface area contributed by atoms with Crippen molar-refractivity contribution in [3.05, 3.63) is 48.0 Å². The molecule has 1 unspecified atom stereocenters. The maximum Gasteiger partial charge on any atom is 0.156 e. The summed E-state index contributed by atoms with van der Waals surface area (Å²) in [5.74, 6) is 1.25. The zero-order chi connectivity index (χ0) is 9.80. The van der Waals surface area contributed by atoms with Crippen molar-refractivity contribution in [3.63, 3.8) is 0 Å². The molecule has 0 bridgehead atoms. The lowest BCUT2D eigenvalue weighted by Gasteiger charge is -2.05. The zero-order valence-corrected chi connectivity index (χ0v) is 8.67. The number of ketones is 1. The molecule has 2 rings (SSSR count). The van der Waals surface area contributed by atoms with Crippen LogP contribution in [0.5, 0.6) is 0 Å². The second kappa shape index (κ2) is 4.47. The molecule has 0 heterocycles. The second-order valence-corrected chi connectivity index (χ2v) is 4.59. The average molecular weight is 204 g/mol. The van der Waals surface area contributed by atoms with Gasteiger partial charge in [-0.1, -0.05) is 36.4 Å². The van der Waals surface area contributed by atoms with Gasteiger partial charge in [-0.05, 0) is 11.6 Å². The summed E-state index contributed by atoms with van der Waals surface area (Å²) in [4.78, 5) is 11.0. The van der Waals surface area contributed by atoms with Gasteiger partial charge in [0.1, 0.15) is 0 Å². The molecule has 2 heteroatoms. The number of hydrogen-bond acceptors (Lipinski definition) is 2. The minimum atomic E-state index is 0.260. The van der Waals surface area contributed by atoms with Gasteiger partial charge in [-0.2, -0.15) is 0 Å². The molecule has 1 aliphatic carbocycles. The standard InChI is InChI=1S/C12H12OS/c13-11-6-7-12(8-11)14-9-10-4-2-1-3-5-10/h1-7,12H,8-9H2. The van der Waals surface area contributed by atoms with Gasteiger partial charge in [0.15, 0.2) is 5.78 Å². The van der Waals surface area contributed by atoms with E-state index in [1.165, 1.54) is 5.56 Å². The highest BCUT2D eigenvalue weighted by molar-refractivity contribution is 7.99. The Morgan fingerprint density at radius 3 is 2.71 bits per heavy atom. The molecule has 0 amide bonds. The Hall–Kier alpha value is -1.02. The van der Waals surface area contributed by atoms with E-state index in [0.717, 1.165) is 5.75 Å². The van der Waals surface area contributed by atoms with E-state index in [1.807, 2.05) is 36.0 Å². The normalized spacial score (nSPS) is 20.3. The number of thioether (sulfide) groups is 1. The number of allylic oxidation sites excluding steroid dienone is 1. The highest BCUT2D eigenvalue weighted by atomic mass is 32.2. The predicted molar refractivity (Wildman–Crippen MR) is 60.3 cm³/mol. The minimum Gasteiger partial charge on any atom is -0.295 e. The van der Waals surface area contributed by atoms with Crippen LogP contribution in [0.3, 0.4) is 0 Å². The summed E-state index contributed by atoms with van der Waals surface area (Å²) < 4.78 is 0. The smallest absolute Gasteiger partial charge is 0.156 e. The fourth-order valence-corrected chi connectivity index (χ4v) is 2.51. The van der Waals surface area contributed by atoms with Gasteiger partial charge in [0.25, 0.3) is 0 Å². The van der Waals surface area contributed by atoms with Crippen LogP contribution in [-0.4, -0.2) is 11.0 Å². The molecule has 0 aliphatic heterocycles. The lowest BCUT2D eigenvalue weighted by atomic mass is 10.2. The van der Waals surface area contributed by atoms with Gasteiger partial charge in [0.05, 0.1) is 0 Å². The number of benzene rings is 1. The first-order valence-corrected chi connectivity index (χ1v) is 5.76. The van der Waals surface area contributed by atoms with Crippen LogP contribution in [0.25, 0.3) is 0 Å². The first-order chi connectivity index (χ1) is 6.84. The van der Waals surface area contributed by atoms with Gasteiger partial charge < -0.3 is 0 Å². The minimum absolute atomic E-state index is 0.260. The Morgan fingerprint density at radius 1 is 1.29 bits per heavy atom. The average Bonchev–Trinajstić information content (AvgIpc) is 2.63. The maximum absolute atomic E-state index is 11.0. The summed E-state index contributed by atoms with van der Waals surface area (Å²) in [6, 6.07) is 10.4. The molecule has 0 radical (unpaired) electrons. The molecule has 0 N–H and O–H groups in total. The van der Waals surface area contributed by atoms with Crippen molar-refractivity contribution in [2.75, 3.05) is 0 Å². The Kier molecular flexibility index (Phi) is 3.04. The van der Waals surface area contributed by atoms with Crippen LogP contribution in [0, 0.1) is 0 Å². The summed E-state index contributed by atoms with van der Waals surface area (Å²) >= 11 is 1.83. The van der Waals surface area contributed by atoms with Gasteiger partial charge in [-0.15, -0.1) is 11.8 Å². The SMILES string of the molecule is O=C1C=CC(SCc2ccccc2)C1. The van der Waals surface area contributed by atoms with Crippen molar-refractivity contribution in [2.45, 2.75) is 17.4 Å². The van der Waals surface area contributed by atoms with E-state index in [-0.39, 0.29) is 5.78 Å². The summed E-state index contributed by atoms with van der Waals surface area (Å²) in [6.45, 7) is 0. The van der Waals surface area contributed by atoms with Gasteiger partial charge in [0.2, 0.25) is 0 Å². The number of hydrogen-bond donors (Lipinski definition) is 0. The van der Waals surface area contributed by atoms with Crippen molar-refractivity contribution in [2.24, 2.45) is 0 Å². The predicted octanol–water partition coefficient (Wildman–Crippen LogP) is 2.82. The van der Waals surface area contributed by atoms with Crippen LogP contribution < -0.4 is 0 Å². The Morgan fingerprint density at radius 2 is 2.07 bits per heavy atom. The Balaban J connectivity index is 1.84. The fraction of sp³-hybridized carbons (Fsp3) is 0.250.